The Kier molecular flexibility index (Phi) is 5.21. The van der Waals surface area contributed by atoms with Crippen molar-refractivity contribution in [2.45, 2.75) is 6.42 Å². The molecule has 9 heteroatoms. The van der Waals surface area contributed by atoms with Crippen LogP contribution in [0.1, 0.15) is 5.69 Å². The number of fused-ring (bicyclic) bond motifs is 1. The summed E-state index contributed by atoms with van der Waals surface area (Å²) < 4.78 is 33.4. The lowest BCUT2D eigenvalue weighted by atomic mass is 10.1. The fraction of sp³-hybridized carbons (Fsp3) is 0.100. The molecule has 148 valence electrons. The number of thiazole rings is 1. The maximum atomic E-state index is 13.5. The molecule has 0 spiro atoms. The van der Waals surface area contributed by atoms with E-state index in [4.69, 9.17) is 16.3 Å². The molecule has 29 heavy (non-hydrogen) atoms. The summed E-state index contributed by atoms with van der Waals surface area (Å²) in [5.74, 6) is -0.690. The predicted octanol–water partition coefficient (Wildman–Crippen LogP) is 5.45. The fourth-order valence-corrected chi connectivity index (χ4v) is 4.06. The zero-order chi connectivity index (χ0) is 20.5. The van der Waals surface area contributed by atoms with Gasteiger partial charge in [0, 0.05) is 22.3 Å². The number of benzene rings is 2. The van der Waals surface area contributed by atoms with Crippen molar-refractivity contribution in [1.29, 1.82) is 0 Å². The highest BCUT2D eigenvalue weighted by Crippen LogP contribution is 2.37. The number of hydrogen-bond acceptors (Lipinski definition) is 5. The average molecular weight is 434 g/mol. The Morgan fingerprint density at radius 3 is 2.62 bits per heavy atom. The lowest BCUT2D eigenvalue weighted by Crippen LogP contribution is -2.07. The van der Waals surface area contributed by atoms with Crippen molar-refractivity contribution in [3.63, 3.8) is 0 Å². The molecule has 1 N–H and O–H groups in total. The highest BCUT2D eigenvalue weighted by atomic mass is 35.5. The standard InChI is InChI=1S/C20H14ClF2N3O2S/c1-28-17(27)9-14-10-29-20-25-18(15-7-4-12(23)8-16(15)21)19(26(14)20)24-13-5-2-11(22)3-6-13/h2-8,10,24H,9H2,1H3. The van der Waals surface area contributed by atoms with E-state index in [0.717, 1.165) is 0 Å². The molecule has 0 atom stereocenters. The van der Waals surface area contributed by atoms with Gasteiger partial charge in [0.2, 0.25) is 0 Å². The zero-order valence-corrected chi connectivity index (χ0v) is 16.7. The van der Waals surface area contributed by atoms with E-state index in [2.05, 4.69) is 10.3 Å². The second kappa shape index (κ2) is 7.81. The van der Waals surface area contributed by atoms with Gasteiger partial charge >= 0.3 is 5.97 Å². The zero-order valence-electron chi connectivity index (χ0n) is 15.1. The maximum Gasteiger partial charge on any atom is 0.311 e. The molecule has 0 unspecified atom stereocenters. The number of nitrogens with zero attached hydrogens (tertiary/aromatic N) is 2. The molecule has 0 saturated carbocycles. The van der Waals surface area contributed by atoms with Crippen LogP contribution in [0.2, 0.25) is 5.02 Å². The minimum atomic E-state index is -0.459. The summed E-state index contributed by atoms with van der Waals surface area (Å²) in [6, 6.07) is 9.86. The van der Waals surface area contributed by atoms with Crippen LogP contribution >= 0.6 is 22.9 Å². The summed E-state index contributed by atoms with van der Waals surface area (Å²) >= 11 is 7.61. The number of hydrogen-bond donors (Lipinski definition) is 1. The smallest absolute Gasteiger partial charge is 0.311 e. The molecule has 0 bridgehead atoms. The van der Waals surface area contributed by atoms with Gasteiger partial charge in [0.1, 0.15) is 23.1 Å². The van der Waals surface area contributed by atoms with Crippen LogP contribution in [-0.2, 0) is 16.0 Å². The molecule has 0 aliphatic rings. The summed E-state index contributed by atoms with van der Waals surface area (Å²) in [6.45, 7) is 0. The Balaban J connectivity index is 1.90. The first-order chi connectivity index (χ1) is 14.0. The molecular formula is C20H14ClF2N3O2S. The van der Waals surface area contributed by atoms with Crippen molar-refractivity contribution < 1.29 is 18.3 Å². The minimum Gasteiger partial charge on any atom is -0.469 e. The monoisotopic (exact) mass is 433 g/mol. The van der Waals surface area contributed by atoms with Crippen LogP contribution in [0, 0.1) is 11.6 Å². The number of carbonyl (C=O) groups excluding carboxylic acids is 1. The fourth-order valence-electron chi connectivity index (χ4n) is 2.91. The lowest BCUT2D eigenvalue weighted by molar-refractivity contribution is -0.139. The predicted molar refractivity (Wildman–Crippen MR) is 109 cm³/mol. The lowest BCUT2D eigenvalue weighted by Gasteiger charge is -2.11. The number of halogens is 3. The topological polar surface area (TPSA) is 55.6 Å². The van der Waals surface area contributed by atoms with Crippen molar-refractivity contribution in [3.8, 4) is 11.3 Å². The maximum absolute atomic E-state index is 13.5. The van der Waals surface area contributed by atoms with E-state index in [9.17, 15) is 13.6 Å². The van der Waals surface area contributed by atoms with E-state index in [0.29, 0.717) is 33.4 Å². The molecule has 2 aromatic heterocycles. The van der Waals surface area contributed by atoms with Gasteiger partial charge in [0.05, 0.1) is 18.6 Å². The Hall–Kier alpha value is -2.97. The molecule has 4 rings (SSSR count). The van der Waals surface area contributed by atoms with Gasteiger partial charge in [0.25, 0.3) is 0 Å². The van der Waals surface area contributed by atoms with Crippen LogP contribution in [0.15, 0.2) is 47.8 Å². The normalized spacial score (nSPS) is 11.0. The highest BCUT2D eigenvalue weighted by Gasteiger charge is 2.21. The van der Waals surface area contributed by atoms with Crippen molar-refractivity contribution in [2.24, 2.45) is 0 Å². The Morgan fingerprint density at radius 2 is 1.93 bits per heavy atom. The SMILES string of the molecule is COC(=O)Cc1csc2nc(-c3ccc(F)cc3Cl)c(Nc3ccc(F)cc3)n12. The number of nitrogens with one attached hydrogen (secondary N) is 1. The molecule has 0 radical (unpaired) electrons. The number of carbonyl (C=O) groups is 1. The number of aromatic nitrogens is 2. The molecule has 2 heterocycles. The van der Waals surface area contributed by atoms with Gasteiger partial charge < -0.3 is 10.1 Å². The number of ether oxygens (including phenoxy) is 1. The second-order valence-electron chi connectivity index (χ2n) is 6.16. The third-order valence-electron chi connectivity index (χ3n) is 4.28. The first-order valence-electron chi connectivity index (χ1n) is 8.50. The molecule has 0 aliphatic carbocycles. The van der Waals surface area contributed by atoms with Crippen LogP contribution in [0.3, 0.4) is 0 Å². The Labute approximate surface area is 173 Å². The number of imidazole rings is 1. The Morgan fingerprint density at radius 1 is 1.21 bits per heavy atom. The summed E-state index contributed by atoms with van der Waals surface area (Å²) in [4.78, 5) is 17.1. The average Bonchev–Trinajstić information content (AvgIpc) is 3.24. The van der Waals surface area contributed by atoms with Crippen molar-refractivity contribution in [3.05, 3.63) is 70.2 Å². The minimum absolute atomic E-state index is 0.0432. The van der Waals surface area contributed by atoms with Gasteiger partial charge in [-0.05, 0) is 42.5 Å². The summed E-state index contributed by atoms with van der Waals surface area (Å²) in [5.41, 5.74) is 2.29. The quantitative estimate of drug-likeness (QED) is 0.425. The molecular weight excluding hydrogens is 420 g/mol. The second-order valence-corrected chi connectivity index (χ2v) is 7.41. The van der Waals surface area contributed by atoms with Gasteiger partial charge in [-0.25, -0.2) is 13.8 Å². The largest absolute Gasteiger partial charge is 0.469 e. The van der Waals surface area contributed by atoms with Gasteiger partial charge in [-0.3, -0.25) is 9.20 Å². The van der Waals surface area contributed by atoms with Crippen molar-refractivity contribution in [1.82, 2.24) is 9.38 Å². The van der Waals surface area contributed by atoms with Gasteiger partial charge in [-0.2, -0.15) is 0 Å². The van der Waals surface area contributed by atoms with Gasteiger partial charge in [0.15, 0.2) is 4.96 Å². The summed E-state index contributed by atoms with van der Waals surface area (Å²) in [5, 5.41) is 5.23. The molecule has 5 nitrogen and oxygen atoms in total. The summed E-state index contributed by atoms with van der Waals surface area (Å²) in [7, 11) is 1.32. The van der Waals surface area contributed by atoms with Gasteiger partial charge in [-0.15, -0.1) is 11.3 Å². The number of methoxy groups -OCH3 is 1. The molecule has 0 amide bonds. The van der Waals surface area contributed by atoms with Gasteiger partial charge in [-0.1, -0.05) is 11.6 Å². The van der Waals surface area contributed by atoms with E-state index in [1.54, 1.807) is 22.6 Å². The molecule has 0 fully saturated rings. The van der Waals surface area contributed by atoms with E-state index in [-0.39, 0.29) is 17.3 Å². The van der Waals surface area contributed by atoms with Crippen LogP contribution in [0.25, 0.3) is 16.2 Å². The van der Waals surface area contributed by atoms with E-state index in [1.165, 1.54) is 42.7 Å². The third kappa shape index (κ3) is 3.81. The van der Waals surface area contributed by atoms with Crippen LogP contribution in [0.4, 0.5) is 20.3 Å². The summed E-state index contributed by atoms with van der Waals surface area (Å²) in [6.07, 6.45) is 0.0432. The molecule has 0 saturated heterocycles. The van der Waals surface area contributed by atoms with Crippen LogP contribution < -0.4 is 5.32 Å². The van der Waals surface area contributed by atoms with E-state index < -0.39 is 11.8 Å². The molecule has 2 aromatic carbocycles. The number of anilines is 2. The third-order valence-corrected chi connectivity index (χ3v) is 5.47. The van der Waals surface area contributed by atoms with Crippen molar-refractivity contribution in [2.75, 3.05) is 12.4 Å². The number of esters is 1. The Bertz CT molecular complexity index is 1200. The van der Waals surface area contributed by atoms with E-state index >= 15 is 0 Å². The molecule has 4 aromatic rings. The number of rotatable bonds is 5. The molecule has 0 aliphatic heterocycles. The first kappa shape index (κ1) is 19.4. The van der Waals surface area contributed by atoms with Crippen LogP contribution in [-0.4, -0.2) is 22.5 Å². The highest BCUT2D eigenvalue weighted by molar-refractivity contribution is 7.15. The van der Waals surface area contributed by atoms with E-state index in [1.807, 2.05) is 5.38 Å². The van der Waals surface area contributed by atoms with Crippen LogP contribution in [0.5, 0.6) is 0 Å². The first-order valence-corrected chi connectivity index (χ1v) is 9.75. The van der Waals surface area contributed by atoms with Crippen molar-refractivity contribution >= 4 is 45.4 Å².